The molecule has 1 heterocycles. The molecule has 1 aromatic rings. The van der Waals surface area contributed by atoms with Crippen LogP contribution in [0.3, 0.4) is 0 Å². The molecule has 0 amide bonds. The van der Waals surface area contributed by atoms with E-state index in [4.69, 9.17) is 0 Å². The molecule has 0 bridgehead atoms. The van der Waals surface area contributed by atoms with Gasteiger partial charge in [0.1, 0.15) is 0 Å². The van der Waals surface area contributed by atoms with E-state index in [-0.39, 0.29) is 0 Å². The summed E-state index contributed by atoms with van der Waals surface area (Å²) in [7, 11) is 0. The second kappa shape index (κ2) is 9.56. The quantitative estimate of drug-likeness (QED) is 0.599. The zero-order valence-corrected chi connectivity index (χ0v) is 19.9. The molecule has 2 unspecified atom stereocenters. The maximum atomic E-state index is 13.0. The third-order valence-electron chi connectivity index (χ3n) is 8.23. The second-order valence-electron chi connectivity index (χ2n) is 10.8. The molecule has 33 heavy (non-hydrogen) atoms. The predicted molar refractivity (Wildman–Crippen MR) is 134 cm³/mol. The number of aryl methyl sites for hydroxylation is 1. The number of carbonyl (C=O) groups is 1. The Morgan fingerprint density at radius 2 is 1.79 bits per heavy atom. The number of hydrogen-bond acceptors (Lipinski definition) is 3. The lowest BCUT2D eigenvalue weighted by Crippen LogP contribution is -2.33. The van der Waals surface area contributed by atoms with E-state index in [0.717, 1.165) is 70.0 Å². The minimum absolute atomic E-state index is 0.290. The van der Waals surface area contributed by atoms with Crippen molar-refractivity contribution in [1.29, 1.82) is 0 Å². The summed E-state index contributed by atoms with van der Waals surface area (Å²) in [5.74, 6) is 1.35. The molecule has 2 fully saturated rings. The standard InChI is InChI=1S/C30H37NO2/c1-22-6-5-9-26(16-22)24-10-12-25(13-11-24)29(32)21-31-19-27-17-30(33,18-28(27)20-31)15-14-23-7-3-2-4-8-23/h2-4,6-8,10,12,16,27-28,33H,5,9,11,13-15,17-21H2,1H3. The van der Waals surface area contributed by atoms with E-state index >= 15 is 0 Å². The lowest BCUT2D eigenvalue weighted by atomic mass is 9.87. The molecule has 1 N–H and O–H groups in total. The zero-order valence-electron chi connectivity index (χ0n) is 19.9. The number of hydrogen-bond donors (Lipinski definition) is 1. The van der Waals surface area contributed by atoms with Gasteiger partial charge in [-0.25, -0.2) is 0 Å². The SMILES string of the molecule is CC1=CCCC(C2=CC=C(C(=O)CN3CC4CC(O)(CCc5ccccc5)CC4C3)CC2)=C1. The molecule has 1 aliphatic heterocycles. The van der Waals surface area contributed by atoms with Crippen molar-refractivity contribution >= 4 is 5.78 Å². The Kier molecular flexibility index (Phi) is 6.53. The van der Waals surface area contributed by atoms with Gasteiger partial charge in [0, 0.05) is 13.1 Å². The van der Waals surface area contributed by atoms with Crippen molar-refractivity contribution in [2.24, 2.45) is 11.8 Å². The first-order valence-electron chi connectivity index (χ1n) is 12.8. The average Bonchev–Trinajstić information content (AvgIpc) is 3.33. The summed E-state index contributed by atoms with van der Waals surface area (Å²) < 4.78 is 0. The van der Waals surface area contributed by atoms with Crippen LogP contribution < -0.4 is 0 Å². The van der Waals surface area contributed by atoms with Gasteiger partial charge < -0.3 is 5.11 Å². The molecule has 1 aromatic carbocycles. The summed E-state index contributed by atoms with van der Waals surface area (Å²) >= 11 is 0. The van der Waals surface area contributed by atoms with E-state index in [1.54, 1.807) is 0 Å². The highest BCUT2D eigenvalue weighted by Crippen LogP contribution is 2.46. The lowest BCUT2D eigenvalue weighted by molar-refractivity contribution is -0.116. The fraction of sp³-hybridized carbons (Fsp3) is 0.500. The fourth-order valence-electron chi connectivity index (χ4n) is 6.47. The van der Waals surface area contributed by atoms with Crippen molar-refractivity contribution in [3.05, 3.63) is 82.5 Å². The summed E-state index contributed by atoms with van der Waals surface area (Å²) in [5, 5.41) is 11.2. The number of aliphatic hydroxyl groups is 1. The molecule has 5 rings (SSSR count). The van der Waals surface area contributed by atoms with E-state index < -0.39 is 5.60 Å². The number of carbonyl (C=O) groups excluding carboxylic acids is 1. The summed E-state index contributed by atoms with van der Waals surface area (Å²) in [4.78, 5) is 15.3. The van der Waals surface area contributed by atoms with Crippen LogP contribution in [-0.2, 0) is 11.2 Å². The molecule has 174 valence electrons. The number of benzene rings is 1. The highest BCUT2D eigenvalue weighted by molar-refractivity contribution is 5.97. The molecule has 2 atom stereocenters. The second-order valence-corrected chi connectivity index (χ2v) is 10.8. The van der Waals surface area contributed by atoms with Crippen LogP contribution in [0.5, 0.6) is 0 Å². The molecule has 1 saturated carbocycles. The van der Waals surface area contributed by atoms with E-state index in [1.165, 1.54) is 22.3 Å². The van der Waals surface area contributed by atoms with Crippen molar-refractivity contribution in [2.75, 3.05) is 19.6 Å². The molecule has 0 spiro atoms. The van der Waals surface area contributed by atoms with Crippen LogP contribution in [0.2, 0.25) is 0 Å². The van der Waals surface area contributed by atoms with Crippen LogP contribution in [-0.4, -0.2) is 41.0 Å². The molecule has 1 saturated heterocycles. The van der Waals surface area contributed by atoms with Crippen molar-refractivity contribution in [3.8, 4) is 0 Å². The zero-order chi connectivity index (χ0) is 22.8. The molecule has 0 radical (unpaired) electrons. The Bertz CT molecular complexity index is 999. The number of allylic oxidation sites excluding steroid dienone is 7. The molecule has 3 heteroatoms. The topological polar surface area (TPSA) is 40.5 Å². The van der Waals surface area contributed by atoms with Crippen molar-refractivity contribution < 1.29 is 9.90 Å². The van der Waals surface area contributed by atoms with Gasteiger partial charge in [-0.15, -0.1) is 0 Å². The monoisotopic (exact) mass is 443 g/mol. The van der Waals surface area contributed by atoms with Crippen molar-refractivity contribution in [1.82, 2.24) is 4.90 Å². The van der Waals surface area contributed by atoms with Gasteiger partial charge in [-0.05, 0) is 92.4 Å². The maximum Gasteiger partial charge on any atom is 0.172 e. The summed E-state index contributed by atoms with van der Waals surface area (Å²) in [5.41, 5.74) is 5.97. The van der Waals surface area contributed by atoms with Crippen LogP contribution in [0.4, 0.5) is 0 Å². The van der Waals surface area contributed by atoms with Gasteiger partial charge in [0.05, 0.1) is 12.1 Å². The Balaban J connectivity index is 1.12. The third kappa shape index (κ3) is 5.31. The maximum absolute atomic E-state index is 13.0. The van der Waals surface area contributed by atoms with Crippen molar-refractivity contribution in [3.63, 3.8) is 0 Å². The van der Waals surface area contributed by atoms with E-state index in [1.807, 2.05) is 6.07 Å². The number of fused-ring (bicyclic) bond motifs is 1. The van der Waals surface area contributed by atoms with Gasteiger partial charge in [0.25, 0.3) is 0 Å². The van der Waals surface area contributed by atoms with Crippen LogP contribution in [0.25, 0.3) is 0 Å². The highest BCUT2D eigenvalue weighted by Gasteiger charge is 2.48. The lowest BCUT2D eigenvalue weighted by Gasteiger charge is -2.26. The van der Waals surface area contributed by atoms with Gasteiger partial charge in [-0.1, -0.05) is 60.2 Å². The first-order chi connectivity index (χ1) is 16.0. The molecule has 4 aliphatic rings. The Hall–Kier alpha value is -2.23. The van der Waals surface area contributed by atoms with Crippen LogP contribution >= 0.6 is 0 Å². The first-order valence-corrected chi connectivity index (χ1v) is 12.8. The van der Waals surface area contributed by atoms with E-state index in [0.29, 0.717) is 24.2 Å². The van der Waals surface area contributed by atoms with E-state index in [2.05, 4.69) is 60.4 Å². The van der Waals surface area contributed by atoms with Crippen LogP contribution in [0, 0.1) is 11.8 Å². The number of Topliss-reactive ketones (excluding diaryl/α,β-unsaturated/α-hetero) is 1. The normalized spacial score (nSPS) is 29.8. The Morgan fingerprint density at radius 3 is 2.45 bits per heavy atom. The molecular weight excluding hydrogens is 406 g/mol. The summed E-state index contributed by atoms with van der Waals surface area (Å²) in [6.45, 7) is 4.62. The van der Waals surface area contributed by atoms with Gasteiger partial charge in [0.15, 0.2) is 5.78 Å². The number of ketones is 1. The van der Waals surface area contributed by atoms with Gasteiger partial charge in [0.2, 0.25) is 0 Å². The highest BCUT2D eigenvalue weighted by atomic mass is 16.3. The largest absolute Gasteiger partial charge is 0.390 e. The van der Waals surface area contributed by atoms with Gasteiger partial charge >= 0.3 is 0 Å². The smallest absolute Gasteiger partial charge is 0.172 e. The number of rotatable bonds is 7. The summed E-state index contributed by atoms with van der Waals surface area (Å²) in [6.07, 6.45) is 16.5. The molecular formula is C30H37NO2. The fourth-order valence-corrected chi connectivity index (χ4v) is 6.47. The Labute approximate surface area is 198 Å². The number of nitrogens with zero attached hydrogens (tertiary/aromatic N) is 1. The van der Waals surface area contributed by atoms with Gasteiger partial charge in [-0.3, -0.25) is 9.69 Å². The first kappa shape index (κ1) is 22.6. The predicted octanol–water partition coefficient (Wildman–Crippen LogP) is 5.57. The third-order valence-corrected chi connectivity index (χ3v) is 8.23. The van der Waals surface area contributed by atoms with Gasteiger partial charge in [-0.2, -0.15) is 0 Å². The number of likely N-dealkylation sites (tertiary alicyclic amines) is 1. The summed E-state index contributed by atoms with van der Waals surface area (Å²) in [6, 6.07) is 10.5. The molecule has 0 aromatic heterocycles. The van der Waals surface area contributed by atoms with Crippen LogP contribution in [0.15, 0.2) is 76.9 Å². The molecule has 3 nitrogen and oxygen atoms in total. The average molecular weight is 444 g/mol. The minimum Gasteiger partial charge on any atom is -0.390 e. The Morgan fingerprint density at radius 1 is 1.03 bits per heavy atom. The minimum atomic E-state index is -0.532. The molecule has 3 aliphatic carbocycles. The van der Waals surface area contributed by atoms with Crippen molar-refractivity contribution in [2.45, 2.75) is 63.9 Å². The van der Waals surface area contributed by atoms with E-state index in [9.17, 15) is 9.90 Å². The van der Waals surface area contributed by atoms with Crippen LogP contribution in [0.1, 0.15) is 57.4 Å².